The molecule has 0 aliphatic heterocycles. The first-order valence-electron chi connectivity index (χ1n) is 9.27. The van der Waals surface area contributed by atoms with Gasteiger partial charge in [-0.15, -0.1) is 0 Å². The second-order valence-electron chi connectivity index (χ2n) is 7.43. The summed E-state index contributed by atoms with van der Waals surface area (Å²) < 4.78 is 5.97. The Balaban J connectivity index is 2.22. The Morgan fingerprint density at radius 1 is 1.13 bits per heavy atom. The average molecular weight is 327 g/mol. The van der Waals surface area contributed by atoms with E-state index in [1.807, 2.05) is 7.05 Å². The van der Waals surface area contributed by atoms with Crippen molar-refractivity contribution in [2.24, 2.45) is 10.9 Å². The smallest absolute Gasteiger partial charge is 0.191 e. The van der Waals surface area contributed by atoms with Crippen LogP contribution >= 0.6 is 0 Å². The van der Waals surface area contributed by atoms with E-state index in [-0.39, 0.29) is 5.54 Å². The molecule has 0 saturated heterocycles. The molecule has 1 saturated carbocycles. The zero-order chi connectivity index (χ0) is 17.1. The maximum absolute atomic E-state index is 5.97. The molecule has 0 spiro atoms. The SMILES string of the molecule is CCOC(CCNC(=NC)NCCNC(C)(C)C)C1CCCC1. The van der Waals surface area contributed by atoms with Crippen LogP contribution in [0, 0.1) is 5.92 Å². The van der Waals surface area contributed by atoms with E-state index in [1.165, 1.54) is 25.7 Å². The quantitative estimate of drug-likeness (QED) is 0.346. The topological polar surface area (TPSA) is 57.7 Å². The zero-order valence-electron chi connectivity index (χ0n) is 15.9. The van der Waals surface area contributed by atoms with Gasteiger partial charge in [-0.3, -0.25) is 4.99 Å². The molecule has 0 radical (unpaired) electrons. The summed E-state index contributed by atoms with van der Waals surface area (Å²) in [5.41, 5.74) is 0.157. The van der Waals surface area contributed by atoms with Crippen LogP contribution in [0.15, 0.2) is 4.99 Å². The number of aliphatic imine (C=N–C) groups is 1. The Labute approximate surface area is 143 Å². The van der Waals surface area contributed by atoms with Crippen LogP contribution in [0.5, 0.6) is 0 Å². The molecule has 1 aliphatic rings. The molecule has 0 aromatic carbocycles. The van der Waals surface area contributed by atoms with Crippen LogP contribution in [-0.2, 0) is 4.74 Å². The van der Waals surface area contributed by atoms with Crippen LogP contribution in [0.3, 0.4) is 0 Å². The van der Waals surface area contributed by atoms with Crippen molar-refractivity contribution in [2.75, 3.05) is 33.3 Å². The van der Waals surface area contributed by atoms with Crippen molar-refractivity contribution in [1.82, 2.24) is 16.0 Å². The lowest BCUT2D eigenvalue weighted by Gasteiger charge is -2.24. The molecule has 0 bridgehead atoms. The van der Waals surface area contributed by atoms with Gasteiger partial charge in [-0.1, -0.05) is 12.8 Å². The Morgan fingerprint density at radius 2 is 1.78 bits per heavy atom. The fourth-order valence-corrected chi connectivity index (χ4v) is 3.17. The number of hydrogen-bond acceptors (Lipinski definition) is 3. The highest BCUT2D eigenvalue weighted by Crippen LogP contribution is 2.30. The van der Waals surface area contributed by atoms with Crippen LogP contribution < -0.4 is 16.0 Å². The average Bonchev–Trinajstić information content (AvgIpc) is 3.01. The number of rotatable bonds is 9. The molecular formula is C18H38N4O. The second kappa shape index (κ2) is 10.9. The van der Waals surface area contributed by atoms with Crippen molar-refractivity contribution in [2.45, 2.75) is 71.4 Å². The molecule has 3 N–H and O–H groups in total. The summed E-state index contributed by atoms with van der Waals surface area (Å²) in [4.78, 5) is 4.29. The number of nitrogens with zero attached hydrogens (tertiary/aromatic N) is 1. The lowest BCUT2D eigenvalue weighted by atomic mass is 9.98. The fraction of sp³-hybridized carbons (Fsp3) is 0.944. The molecule has 1 rings (SSSR count). The molecule has 0 aromatic rings. The first-order valence-corrected chi connectivity index (χ1v) is 9.27. The molecule has 136 valence electrons. The van der Waals surface area contributed by atoms with Crippen LogP contribution in [0.4, 0.5) is 0 Å². The van der Waals surface area contributed by atoms with Gasteiger partial charge in [0, 0.05) is 38.8 Å². The van der Waals surface area contributed by atoms with Crippen LogP contribution in [0.25, 0.3) is 0 Å². The van der Waals surface area contributed by atoms with Crippen LogP contribution in [-0.4, -0.2) is 50.9 Å². The standard InChI is InChI=1S/C18H38N4O/c1-6-23-16(15-9-7-8-10-15)11-12-20-17(19-5)21-13-14-22-18(2,3)4/h15-16,22H,6-14H2,1-5H3,(H2,19,20,21). The maximum Gasteiger partial charge on any atom is 0.191 e. The molecule has 1 aliphatic carbocycles. The Kier molecular flexibility index (Phi) is 9.56. The highest BCUT2D eigenvalue weighted by Gasteiger charge is 2.25. The minimum atomic E-state index is 0.157. The van der Waals surface area contributed by atoms with E-state index in [2.05, 4.69) is 48.6 Å². The van der Waals surface area contributed by atoms with Crippen molar-refractivity contribution in [3.05, 3.63) is 0 Å². The molecule has 0 heterocycles. The predicted molar refractivity (Wildman–Crippen MR) is 99.1 cm³/mol. The van der Waals surface area contributed by atoms with E-state index in [1.54, 1.807) is 0 Å². The molecule has 1 fully saturated rings. The summed E-state index contributed by atoms with van der Waals surface area (Å²) in [5, 5.41) is 10.2. The van der Waals surface area contributed by atoms with Gasteiger partial charge in [0.05, 0.1) is 6.10 Å². The summed E-state index contributed by atoms with van der Waals surface area (Å²) in [6.45, 7) is 12.1. The van der Waals surface area contributed by atoms with Gasteiger partial charge in [0.25, 0.3) is 0 Å². The monoisotopic (exact) mass is 326 g/mol. The van der Waals surface area contributed by atoms with Crippen molar-refractivity contribution >= 4 is 5.96 Å². The van der Waals surface area contributed by atoms with Gasteiger partial charge in [0.15, 0.2) is 5.96 Å². The van der Waals surface area contributed by atoms with Gasteiger partial charge in [-0.2, -0.15) is 0 Å². The second-order valence-corrected chi connectivity index (χ2v) is 7.43. The van der Waals surface area contributed by atoms with Gasteiger partial charge < -0.3 is 20.7 Å². The summed E-state index contributed by atoms with van der Waals surface area (Å²) in [6, 6.07) is 0. The zero-order valence-corrected chi connectivity index (χ0v) is 15.9. The lowest BCUT2D eigenvalue weighted by molar-refractivity contribution is 0.0169. The first kappa shape index (κ1) is 20.2. The lowest BCUT2D eigenvalue weighted by Crippen LogP contribution is -2.45. The van der Waals surface area contributed by atoms with E-state index in [0.29, 0.717) is 6.10 Å². The van der Waals surface area contributed by atoms with Crippen molar-refractivity contribution in [3.63, 3.8) is 0 Å². The molecule has 0 amide bonds. The largest absolute Gasteiger partial charge is 0.378 e. The van der Waals surface area contributed by atoms with Crippen molar-refractivity contribution in [1.29, 1.82) is 0 Å². The van der Waals surface area contributed by atoms with E-state index in [4.69, 9.17) is 4.74 Å². The molecule has 0 aromatic heterocycles. The van der Waals surface area contributed by atoms with Gasteiger partial charge in [0.1, 0.15) is 0 Å². The maximum atomic E-state index is 5.97. The third-order valence-electron chi connectivity index (χ3n) is 4.32. The molecule has 23 heavy (non-hydrogen) atoms. The van der Waals surface area contributed by atoms with Crippen LogP contribution in [0.1, 0.15) is 59.8 Å². The Morgan fingerprint density at radius 3 is 2.35 bits per heavy atom. The summed E-state index contributed by atoms with van der Waals surface area (Å²) in [5.74, 6) is 1.63. The molecular weight excluding hydrogens is 288 g/mol. The van der Waals surface area contributed by atoms with Crippen LogP contribution in [0.2, 0.25) is 0 Å². The third-order valence-corrected chi connectivity index (χ3v) is 4.32. The Bertz CT molecular complexity index is 332. The highest BCUT2D eigenvalue weighted by atomic mass is 16.5. The fourth-order valence-electron chi connectivity index (χ4n) is 3.17. The molecule has 5 nitrogen and oxygen atoms in total. The summed E-state index contributed by atoms with van der Waals surface area (Å²) >= 11 is 0. The van der Waals surface area contributed by atoms with Crippen molar-refractivity contribution in [3.8, 4) is 0 Å². The Hall–Kier alpha value is -0.810. The normalized spacial score (nSPS) is 18.2. The summed E-state index contributed by atoms with van der Waals surface area (Å²) in [6.07, 6.45) is 6.85. The number of ether oxygens (including phenoxy) is 1. The van der Waals surface area contributed by atoms with E-state index >= 15 is 0 Å². The number of guanidine groups is 1. The molecule has 1 unspecified atom stereocenters. The predicted octanol–water partition coefficient (Wildman–Crippen LogP) is 2.52. The van der Waals surface area contributed by atoms with E-state index in [9.17, 15) is 0 Å². The van der Waals surface area contributed by atoms with Gasteiger partial charge in [0.2, 0.25) is 0 Å². The van der Waals surface area contributed by atoms with Gasteiger partial charge in [-0.25, -0.2) is 0 Å². The number of hydrogen-bond donors (Lipinski definition) is 3. The third kappa shape index (κ3) is 9.16. The molecule has 1 atom stereocenters. The van der Waals surface area contributed by atoms with E-state index in [0.717, 1.165) is 44.5 Å². The number of nitrogens with one attached hydrogen (secondary N) is 3. The van der Waals surface area contributed by atoms with Crippen molar-refractivity contribution < 1.29 is 4.74 Å². The van der Waals surface area contributed by atoms with Gasteiger partial charge in [-0.05, 0) is 52.9 Å². The molecule has 5 heteroatoms. The van der Waals surface area contributed by atoms with Gasteiger partial charge >= 0.3 is 0 Å². The van der Waals surface area contributed by atoms with E-state index < -0.39 is 0 Å². The minimum absolute atomic E-state index is 0.157. The summed E-state index contributed by atoms with van der Waals surface area (Å²) in [7, 11) is 1.82. The highest BCUT2D eigenvalue weighted by molar-refractivity contribution is 5.79. The first-order chi connectivity index (χ1) is 11.0. The minimum Gasteiger partial charge on any atom is -0.378 e.